The summed E-state index contributed by atoms with van der Waals surface area (Å²) < 4.78 is 35.3. The number of hydrogen-bond donors (Lipinski definition) is 1. The zero-order valence-electron chi connectivity index (χ0n) is 23.7. The Kier molecular flexibility index (Phi) is 7.56. The number of aromatic nitrogens is 5. The largest absolute Gasteiger partial charge is 0.378 e. The molecule has 9 nitrogen and oxygen atoms in total. The molecule has 1 atom stereocenters. The van der Waals surface area contributed by atoms with Crippen LogP contribution in [0.4, 0.5) is 20.7 Å². The average molecular weight is 563 g/mol. The Morgan fingerprint density at radius 3 is 2.44 bits per heavy atom. The van der Waals surface area contributed by atoms with Crippen LogP contribution < -0.4 is 10.2 Å². The van der Waals surface area contributed by atoms with Gasteiger partial charge in [-0.05, 0) is 69.5 Å². The molecule has 0 amide bonds. The molecule has 2 aromatic carbocycles. The van der Waals surface area contributed by atoms with Gasteiger partial charge in [-0.3, -0.25) is 4.57 Å². The van der Waals surface area contributed by atoms with Crippen LogP contribution in [0.5, 0.6) is 0 Å². The summed E-state index contributed by atoms with van der Waals surface area (Å²) in [7, 11) is 2.17. The molecule has 6 rings (SSSR count). The highest BCUT2D eigenvalue weighted by Crippen LogP contribution is 2.32. The maximum absolute atomic E-state index is 14.2. The lowest BCUT2D eigenvalue weighted by Gasteiger charge is -2.30. The number of nitrogens with one attached hydrogen (secondary N) is 1. The Morgan fingerprint density at radius 2 is 1.68 bits per heavy atom. The molecule has 2 fully saturated rings. The number of alkyl halides is 2. The molecule has 0 radical (unpaired) electrons. The monoisotopic (exact) mass is 562 g/mol. The van der Waals surface area contributed by atoms with Crippen LogP contribution in [-0.2, 0) is 11.2 Å². The van der Waals surface area contributed by atoms with E-state index in [0.717, 1.165) is 25.9 Å². The number of likely N-dealkylation sites (tertiary alicyclic amines) is 1. The van der Waals surface area contributed by atoms with E-state index in [-0.39, 0.29) is 5.95 Å². The van der Waals surface area contributed by atoms with Gasteiger partial charge >= 0.3 is 0 Å². The van der Waals surface area contributed by atoms with Gasteiger partial charge in [0.25, 0.3) is 6.43 Å². The van der Waals surface area contributed by atoms with E-state index in [9.17, 15) is 8.78 Å². The number of benzene rings is 2. The third kappa shape index (κ3) is 5.87. The summed E-state index contributed by atoms with van der Waals surface area (Å²) in [4.78, 5) is 22.7. The third-order valence-corrected chi connectivity index (χ3v) is 7.86. The van der Waals surface area contributed by atoms with Crippen LogP contribution in [0.15, 0.2) is 48.5 Å². The quantitative estimate of drug-likeness (QED) is 0.327. The van der Waals surface area contributed by atoms with Gasteiger partial charge in [-0.2, -0.15) is 15.0 Å². The second-order valence-corrected chi connectivity index (χ2v) is 11.6. The second-order valence-electron chi connectivity index (χ2n) is 11.6. The molecule has 216 valence electrons. The highest BCUT2D eigenvalue weighted by molar-refractivity contribution is 5.77. The number of hydrogen-bond acceptors (Lipinski definition) is 8. The Morgan fingerprint density at radius 1 is 0.951 bits per heavy atom. The minimum atomic E-state index is -2.80. The van der Waals surface area contributed by atoms with E-state index in [0.29, 0.717) is 55.2 Å². The smallest absolute Gasteiger partial charge is 0.296 e. The first-order chi connectivity index (χ1) is 19.8. The number of fused-ring (bicyclic) bond motifs is 1. The maximum Gasteiger partial charge on any atom is 0.296 e. The van der Waals surface area contributed by atoms with Gasteiger partial charge in [0.1, 0.15) is 0 Å². The zero-order chi connectivity index (χ0) is 28.6. The summed E-state index contributed by atoms with van der Waals surface area (Å²) in [6.45, 7) is 8.65. The molecule has 2 aliphatic heterocycles. The van der Waals surface area contributed by atoms with Crippen molar-refractivity contribution in [3.8, 4) is 5.95 Å². The molecule has 2 aromatic heterocycles. The van der Waals surface area contributed by atoms with Crippen molar-refractivity contribution in [1.82, 2.24) is 29.4 Å². The van der Waals surface area contributed by atoms with Crippen LogP contribution in [0.25, 0.3) is 17.0 Å². The molecule has 2 saturated heterocycles. The molecule has 4 aromatic rings. The first-order valence-corrected chi connectivity index (χ1v) is 14.2. The van der Waals surface area contributed by atoms with Gasteiger partial charge < -0.3 is 19.9 Å². The fourth-order valence-corrected chi connectivity index (χ4v) is 5.92. The Balaban J connectivity index is 1.37. The highest BCUT2D eigenvalue weighted by Gasteiger charge is 2.29. The third-order valence-electron chi connectivity index (χ3n) is 7.86. The summed E-state index contributed by atoms with van der Waals surface area (Å²) in [6.07, 6.45) is -0.912. The second kappa shape index (κ2) is 11.3. The molecule has 1 N–H and O–H groups in total. The van der Waals surface area contributed by atoms with E-state index >= 15 is 0 Å². The predicted octanol–water partition coefficient (Wildman–Crippen LogP) is 4.84. The van der Waals surface area contributed by atoms with Gasteiger partial charge in [0, 0.05) is 25.2 Å². The Hall–Kier alpha value is -3.70. The first kappa shape index (κ1) is 27.5. The van der Waals surface area contributed by atoms with Crippen molar-refractivity contribution < 1.29 is 13.5 Å². The van der Waals surface area contributed by atoms with E-state index in [1.54, 1.807) is 24.3 Å². The van der Waals surface area contributed by atoms with Crippen LogP contribution in [-0.4, -0.2) is 81.4 Å². The number of rotatable bonds is 8. The normalized spacial score (nSPS) is 18.5. The SMILES string of the molecule is CN1CCC(c2ccccc2CC(C)(C)Nc2nc(N3CCOCC3)nc(-n3c(C(F)F)nc4ccccc43)n2)C1. The topological polar surface area (TPSA) is 84.2 Å². The number of morpholine rings is 1. The Bertz CT molecular complexity index is 1520. The van der Waals surface area contributed by atoms with Crippen molar-refractivity contribution >= 4 is 22.9 Å². The van der Waals surface area contributed by atoms with Crippen molar-refractivity contribution in [2.75, 3.05) is 56.7 Å². The van der Waals surface area contributed by atoms with E-state index in [1.807, 2.05) is 4.90 Å². The van der Waals surface area contributed by atoms with Crippen molar-refractivity contribution in [2.45, 2.75) is 44.6 Å². The summed E-state index contributed by atoms with van der Waals surface area (Å²) in [5, 5.41) is 3.52. The zero-order valence-corrected chi connectivity index (χ0v) is 23.7. The minimum absolute atomic E-state index is 0.109. The van der Waals surface area contributed by atoms with Gasteiger partial charge in [-0.1, -0.05) is 36.4 Å². The number of ether oxygens (including phenoxy) is 1. The number of imidazole rings is 1. The number of nitrogens with zero attached hydrogens (tertiary/aromatic N) is 7. The molecular weight excluding hydrogens is 526 g/mol. The van der Waals surface area contributed by atoms with E-state index in [4.69, 9.17) is 14.7 Å². The number of anilines is 2. The van der Waals surface area contributed by atoms with Crippen LogP contribution in [0, 0.1) is 0 Å². The summed E-state index contributed by atoms with van der Waals surface area (Å²) in [6, 6.07) is 15.7. The molecule has 11 heteroatoms. The summed E-state index contributed by atoms with van der Waals surface area (Å²) in [5.41, 5.74) is 3.20. The van der Waals surface area contributed by atoms with Crippen LogP contribution in [0.1, 0.15) is 49.6 Å². The summed E-state index contributed by atoms with van der Waals surface area (Å²) >= 11 is 0. The van der Waals surface area contributed by atoms with E-state index < -0.39 is 17.8 Å². The standard InChI is InChI=1S/C30H36F2N8O/c1-30(2,18-20-8-4-5-9-22(20)21-12-13-38(3)19-21)37-27-34-28(39-14-16-41-17-15-39)36-29(35-27)40-24-11-7-6-10-23(24)33-26(40)25(31)32/h4-11,21,25H,12-19H2,1-3H3,(H,34,35,36,37). The number of halogens is 2. The van der Waals surface area contributed by atoms with Gasteiger partial charge in [-0.25, -0.2) is 13.8 Å². The molecule has 0 aliphatic carbocycles. The van der Waals surface area contributed by atoms with E-state index in [1.165, 1.54) is 15.7 Å². The van der Waals surface area contributed by atoms with Crippen molar-refractivity contribution in [1.29, 1.82) is 0 Å². The van der Waals surface area contributed by atoms with Gasteiger partial charge in [0.05, 0.1) is 24.2 Å². The van der Waals surface area contributed by atoms with Crippen molar-refractivity contribution in [3.05, 3.63) is 65.5 Å². The molecular formula is C30H36F2N8O. The summed E-state index contributed by atoms with van der Waals surface area (Å²) in [5.74, 6) is 0.969. The molecule has 41 heavy (non-hydrogen) atoms. The molecule has 1 unspecified atom stereocenters. The lowest BCUT2D eigenvalue weighted by atomic mass is 9.86. The van der Waals surface area contributed by atoms with E-state index in [2.05, 4.69) is 65.3 Å². The highest BCUT2D eigenvalue weighted by atomic mass is 19.3. The molecule has 2 aliphatic rings. The van der Waals surface area contributed by atoms with Gasteiger partial charge in [0.15, 0.2) is 5.82 Å². The van der Waals surface area contributed by atoms with Gasteiger partial charge in [-0.15, -0.1) is 0 Å². The fraction of sp³-hybridized carbons (Fsp3) is 0.467. The predicted molar refractivity (Wildman–Crippen MR) is 155 cm³/mol. The van der Waals surface area contributed by atoms with Crippen molar-refractivity contribution in [3.63, 3.8) is 0 Å². The lowest BCUT2D eigenvalue weighted by Crippen LogP contribution is -2.39. The average Bonchev–Trinajstić information content (AvgIpc) is 3.57. The fourth-order valence-electron chi connectivity index (χ4n) is 5.92. The molecule has 4 heterocycles. The number of likely N-dealkylation sites (N-methyl/N-ethyl adjacent to an activating group) is 1. The number of para-hydroxylation sites is 2. The minimum Gasteiger partial charge on any atom is -0.378 e. The van der Waals surface area contributed by atoms with Crippen LogP contribution in [0.2, 0.25) is 0 Å². The molecule has 0 spiro atoms. The van der Waals surface area contributed by atoms with Crippen LogP contribution >= 0.6 is 0 Å². The van der Waals surface area contributed by atoms with Crippen LogP contribution in [0.3, 0.4) is 0 Å². The lowest BCUT2D eigenvalue weighted by molar-refractivity contribution is 0.122. The van der Waals surface area contributed by atoms with Crippen molar-refractivity contribution in [2.24, 2.45) is 0 Å². The molecule has 0 bridgehead atoms. The first-order valence-electron chi connectivity index (χ1n) is 14.2. The Labute approximate surface area is 238 Å². The molecule has 0 saturated carbocycles. The van der Waals surface area contributed by atoms with Gasteiger partial charge in [0.2, 0.25) is 17.8 Å². The maximum atomic E-state index is 14.2.